The second-order valence-electron chi connectivity index (χ2n) is 5.85. The van der Waals surface area contributed by atoms with Gasteiger partial charge < -0.3 is 9.42 Å². The SMILES string of the molecule is O=C1CC(c2noc(-c3ccncc3)n2)CN1Cc1ccccc1. The van der Waals surface area contributed by atoms with Crippen molar-refractivity contribution in [1.29, 1.82) is 0 Å². The van der Waals surface area contributed by atoms with Crippen LogP contribution in [0.25, 0.3) is 11.5 Å². The van der Waals surface area contributed by atoms with Gasteiger partial charge in [-0.25, -0.2) is 0 Å². The summed E-state index contributed by atoms with van der Waals surface area (Å²) in [4.78, 5) is 22.5. The van der Waals surface area contributed by atoms with E-state index in [0.717, 1.165) is 11.1 Å². The molecule has 0 N–H and O–H groups in total. The summed E-state index contributed by atoms with van der Waals surface area (Å²) in [7, 11) is 0. The topological polar surface area (TPSA) is 72.1 Å². The highest BCUT2D eigenvalue weighted by molar-refractivity contribution is 5.79. The average Bonchev–Trinajstić information content (AvgIpc) is 3.24. The molecule has 6 nitrogen and oxygen atoms in total. The van der Waals surface area contributed by atoms with Gasteiger partial charge in [0.25, 0.3) is 5.89 Å². The molecule has 6 heteroatoms. The van der Waals surface area contributed by atoms with Crippen LogP contribution in [0.3, 0.4) is 0 Å². The van der Waals surface area contributed by atoms with Gasteiger partial charge in [-0.15, -0.1) is 0 Å². The molecule has 2 aromatic heterocycles. The summed E-state index contributed by atoms with van der Waals surface area (Å²) in [6, 6.07) is 13.6. The molecule has 1 amide bonds. The van der Waals surface area contributed by atoms with Crippen LogP contribution in [-0.4, -0.2) is 32.5 Å². The molecule has 1 unspecified atom stereocenters. The number of carbonyl (C=O) groups is 1. The molecule has 1 saturated heterocycles. The van der Waals surface area contributed by atoms with Crippen molar-refractivity contribution in [3.05, 3.63) is 66.2 Å². The molecule has 1 fully saturated rings. The number of pyridine rings is 1. The van der Waals surface area contributed by atoms with Crippen LogP contribution in [0.5, 0.6) is 0 Å². The predicted molar refractivity (Wildman–Crippen MR) is 86.7 cm³/mol. The van der Waals surface area contributed by atoms with Gasteiger partial charge in [0.15, 0.2) is 5.82 Å². The zero-order valence-electron chi connectivity index (χ0n) is 13.0. The van der Waals surface area contributed by atoms with Gasteiger partial charge in [-0.1, -0.05) is 35.5 Å². The molecular weight excluding hydrogens is 304 g/mol. The maximum absolute atomic E-state index is 12.3. The molecule has 0 bridgehead atoms. The number of rotatable bonds is 4. The van der Waals surface area contributed by atoms with Crippen LogP contribution in [0.1, 0.15) is 23.7 Å². The van der Waals surface area contributed by atoms with Gasteiger partial charge in [0.2, 0.25) is 5.91 Å². The van der Waals surface area contributed by atoms with Crippen molar-refractivity contribution in [2.24, 2.45) is 0 Å². The fraction of sp³-hybridized carbons (Fsp3) is 0.222. The lowest BCUT2D eigenvalue weighted by Gasteiger charge is -2.15. The number of nitrogens with zero attached hydrogens (tertiary/aromatic N) is 4. The first-order chi connectivity index (χ1) is 11.8. The Kier molecular flexibility index (Phi) is 3.78. The highest BCUT2D eigenvalue weighted by atomic mass is 16.5. The van der Waals surface area contributed by atoms with E-state index in [9.17, 15) is 4.79 Å². The Hall–Kier alpha value is -3.02. The average molecular weight is 320 g/mol. The van der Waals surface area contributed by atoms with Gasteiger partial charge in [-0.3, -0.25) is 9.78 Å². The molecule has 1 aromatic carbocycles. The van der Waals surface area contributed by atoms with Crippen LogP contribution >= 0.6 is 0 Å². The van der Waals surface area contributed by atoms with E-state index in [-0.39, 0.29) is 11.8 Å². The highest BCUT2D eigenvalue weighted by Gasteiger charge is 2.33. The summed E-state index contributed by atoms with van der Waals surface area (Å²) < 4.78 is 5.33. The summed E-state index contributed by atoms with van der Waals surface area (Å²) in [5.41, 5.74) is 1.95. The monoisotopic (exact) mass is 320 g/mol. The minimum Gasteiger partial charge on any atom is -0.338 e. The van der Waals surface area contributed by atoms with Gasteiger partial charge in [-0.2, -0.15) is 4.98 Å². The number of hydrogen-bond acceptors (Lipinski definition) is 5. The number of likely N-dealkylation sites (tertiary alicyclic amines) is 1. The lowest BCUT2D eigenvalue weighted by atomic mass is 10.1. The second kappa shape index (κ2) is 6.23. The van der Waals surface area contributed by atoms with Crippen molar-refractivity contribution < 1.29 is 9.32 Å². The molecular formula is C18H16N4O2. The molecule has 1 aliphatic heterocycles. The third-order valence-electron chi connectivity index (χ3n) is 4.16. The van der Waals surface area contributed by atoms with Crippen molar-refractivity contribution in [2.45, 2.75) is 18.9 Å². The quantitative estimate of drug-likeness (QED) is 0.739. The summed E-state index contributed by atoms with van der Waals surface area (Å²) >= 11 is 0. The second-order valence-corrected chi connectivity index (χ2v) is 5.85. The number of amides is 1. The Bertz CT molecular complexity index is 832. The number of aromatic nitrogens is 3. The van der Waals surface area contributed by atoms with E-state index in [4.69, 9.17) is 4.52 Å². The van der Waals surface area contributed by atoms with Gasteiger partial charge in [-0.05, 0) is 17.7 Å². The Morgan fingerprint density at radius 3 is 2.71 bits per heavy atom. The molecule has 0 radical (unpaired) electrons. The normalized spacial score (nSPS) is 17.4. The highest BCUT2D eigenvalue weighted by Crippen LogP contribution is 2.29. The summed E-state index contributed by atoms with van der Waals surface area (Å²) in [6.07, 6.45) is 3.78. The van der Waals surface area contributed by atoms with E-state index in [2.05, 4.69) is 15.1 Å². The molecule has 3 heterocycles. The van der Waals surface area contributed by atoms with Crippen molar-refractivity contribution in [2.75, 3.05) is 6.54 Å². The van der Waals surface area contributed by atoms with Gasteiger partial charge in [0.05, 0.1) is 0 Å². The lowest BCUT2D eigenvalue weighted by molar-refractivity contribution is -0.128. The van der Waals surface area contributed by atoms with Crippen molar-refractivity contribution >= 4 is 5.91 Å². The summed E-state index contributed by atoms with van der Waals surface area (Å²) in [5, 5.41) is 4.07. The number of benzene rings is 1. The minimum absolute atomic E-state index is 0.0273. The Morgan fingerprint density at radius 2 is 1.92 bits per heavy atom. The molecule has 0 saturated carbocycles. The molecule has 24 heavy (non-hydrogen) atoms. The summed E-state index contributed by atoms with van der Waals surface area (Å²) in [5.74, 6) is 1.15. The maximum Gasteiger partial charge on any atom is 0.258 e. The fourth-order valence-corrected chi connectivity index (χ4v) is 2.91. The molecule has 0 aliphatic carbocycles. The Balaban J connectivity index is 1.48. The zero-order valence-corrected chi connectivity index (χ0v) is 13.0. The van der Waals surface area contributed by atoms with Crippen LogP contribution in [0.4, 0.5) is 0 Å². The van der Waals surface area contributed by atoms with E-state index < -0.39 is 0 Å². The van der Waals surface area contributed by atoms with E-state index in [1.807, 2.05) is 47.4 Å². The van der Waals surface area contributed by atoms with Gasteiger partial charge >= 0.3 is 0 Å². The standard InChI is InChI=1S/C18H16N4O2/c23-16-10-15(12-22(16)11-13-4-2-1-3-5-13)17-20-18(24-21-17)14-6-8-19-9-7-14/h1-9,15H,10-12H2. The minimum atomic E-state index is -0.0273. The Labute approximate surface area is 139 Å². The smallest absolute Gasteiger partial charge is 0.258 e. The van der Waals surface area contributed by atoms with E-state index >= 15 is 0 Å². The summed E-state index contributed by atoms with van der Waals surface area (Å²) in [6.45, 7) is 1.23. The molecule has 0 spiro atoms. The largest absolute Gasteiger partial charge is 0.338 e. The molecule has 120 valence electrons. The fourth-order valence-electron chi connectivity index (χ4n) is 2.91. The van der Waals surface area contributed by atoms with Gasteiger partial charge in [0.1, 0.15) is 0 Å². The first kappa shape index (κ1) is 14.6. The molecule has 1 aliphatic rings. The molecule has 1 atom stereocenters. The first-order valence-electron chi connectivity index (χ1n) is 7.85. The lowest BCUT2D eigenvalue weighted by Crippen LogP contribution is -2.24. The Morgan fingerprint density at radius 1 is 1.12 bits per heavy atom. The van der Waals surface area contributed by atoms with Crippen LogP contribution in [-0.2, 0) is 11.3 Å². The third kappa shape index (κ3) is 2.90. The van der Waals surface area contributed by atoms with Crippen molar-refractivity contribution in [3.8, 4) is 11.5 Å². The van der Waals surface area contributed by atoms with Crippen molar-refractivity contribution in [3.63, 3.8) is 0 Å². The van der Waals surface area contributed by atoms with E-state index in [0.29, 0.717) is 31.2 Å². The van der Waals surface area contributed by atoms with Crippen LogP contribution in [0, 0.1) is 0 Å². The van der Waals surface area contributed by atoms with Crippen LogP contribution < -0.4 is 0 Å². The van der Waals surface area contributed by atoms with E-state index in [1.54, 1.807) is 12.4 Å². The van der Waals surface area contributed by atoms with Gasteiger partial charge in [0, 0.05) is 43.4 Å². The maximum atomic E-state index is 12.3. The predicted octanol–water partition coefficient (Wildman–Crippen LogP) is 2.65. The molecule has 4 rings (SSSR count). The zero-order chi connectivity index (χ0) is 16.4. The van der Waals surface area contributed by atoms with Crippen LogP contribution in [0.2, 0.25) is 0 Å². The van der Waals surface area contributed by atoms with E-state index in [1.165, 1.54) is 0 Å². The first-order valence-corrected chi connectivity index (χ1v) is 7.85. The molecule has 3 aromatic rings. The van der Waals surface area contributed by atoms with Crippen molar-refractivity contribution in [1.82, 2.24) is 20.0 Å². The van der Waals surface area contributed by atoms with Crippen LogP contribution in [0.15, 0.2) is 59.4 Å². The third-order valence-corrected chi connectivity index (χ3v) is 4.16. The number of hydrogen-bond donors (Lipinski definition) is 0. The number of carbonyl (C=O) groups excluding carboxylic acids is 1.